The van der Waals surface area contributed by atoms with Gasteiger partial charge in [-0.3, -0.25) is 0 Å². The summed E-state index contributed by atoms with van der Waals surface area (Å²) in [6.07, 6.45) is 3.79. The molecule has 0 saturated heterocycles. The minimum atomic E-state index is -0.739. The van der Waals surface area contributed by atoms with E-state index in [0.29, 0.717) is 6.54 Å². The molecule has 3 nitrogen and oxygen atoms in total. The molecule has 0 spiro atoms. The van der Waals surface area contributed by atoms with Gasteiger partial charge in [-0.05, 0) is 25.7 Å². The van der Waals surface area contributed by atoms with Crippen molar-refractivity contribution in [1.82, 2.24) is 4.98 Å². The van der Waals surface area contributed by atoms with E-state index in [1.807, 2.05) is 6.92 Å². The van der Waals surface area contributed by atoms with E-state index in [4.69, 9.17) is 4.74 Å². The van der Waals surface area contributed by atoms with Gasteiger partial charge in [-0.1, -0.05) is 6.92 Å². The largest absolute Gasteiger partial charge is 0.472 e. The number of pyridine rings is 1. The molecular formula is C12H16F2N2O. The molecule has 0 aromatic carbocycles. The van der Waals surface area contributed by atoms with E-state index in [2.05, 4.69) is 10.3 Å². The molecule has 0 bridgehead atoms. The van der Waals surface area contributed by atoms with E-state index in [1.165, 1.54) is 0 Å². The van der Waals surface area contributed by atoms with Gasteiger partial charge in [0.15, 0.2) is 17.5 Å². The van der Waals surface area contributed by atoms with Crippen LogP contribution in [0.2, 0.25) is 0 Å². The van der Waals surface area contributed by atoms with Gasteiger partial charge in [0.05, 0.1) is 0 Å². The van der Waals surface area contributed by atoms with E-state index >= 15 is 0 Å². The Hall–Kier alpha value is -1.39. The lowest BCUT2D eigenvalue weighted by Crippen LogP contribution is -2.25. The number of ether oxygens (including phenoxy) is 1. The first-order chi connectivity index (χ1) is 8.20. The minimum absolute atomic E-state index is 0.0292. The molecule has 0 atom stereocenters. The molecule has 1 aliphatic rings. The molecule has 1 aromatic rings. The Balaban J connectivity index is 2.12. The Labute approximate surface area is 99.2 Å². The van der Waals surface area contributed by atoms with E-state index in [1.54, 1.807) is 0 Å². The summed E-state index contributed by atoms with van der Waals surface area (Å²) in [5, 5.41) is 2.81. The van der Waals surface area contributed by atoms with Gasteiger partial charge < -0.3 is 10.1 Å². The zero-order valence-corrected chi connectivity index (χ0v) is 9.80. The number of anilines is 1. The van der Waals surface area contributed by atoms with Crippen molar-refractivity contribution in [3.05, 3.63) is 17.7 Å². The zero-order chi connectivity index (χ0) is 12.3. The fourth-order valence-corrected chi connectivity index (χ4v) is 1.55. The fraction of sp³-hybridized carbons (Fsp3) is 0.583. The molecule has 1 fully saturated rings. The van der Waals surface area contributed by atoms with Crippen molar-refractivity contribution in [3.8, 4) is 5.88 Å². The van der Waals surface area contributed by atoms with Crippen molar-refractivity contribution in [2.45, 2.75) is 38.7 Å². The number of rotatable bonds is 5. The lowest BCUT2D eigenvalue weighted by molar-refractivity contribution is 0.109. The second kappa shape index (κ2) is 5.29. The van der Waals surface area contributed by atoms with Gasteiger partial charge in [0, 0.05) is 12.6 Å². The van der Waals surface area contributed by atoms with Crippen molar-refractivity contribution in [2.75, 3.05) is 11.9 Å². The maximum Gasteiger partial charge on any atom is 0.252 e. The molecule has 1 aliphatic carbocycles. The van der Waals surface area contributed by atoms with E-state index in [9.17, 15) is 8.78 Å². The fourth-order valence-electron chi connectivity index (χ4n) is 1.55. The highest BCUT2D eigenvalue weighted by atomic mass is 19.1. The molecule has 2 rings (SSSR count). The molecule has 1 aromatic heterocycles. The lowest BCUT2D eigenvalue weighted by Gasteiger charge is -2.26. The third-order valence-electron chi connectivity index (χ3n) is 2.77. The lowest BCUT2D eigenvalue weighted by atomic mass is 9.96. The smallest absolute Gasteiger partial charge is 0.252 e. The molecule has 1 saturated carbocycles. The Morgan fingerprint density at radius 2 is 2.18 bits per heavy atom. The van der Waals surface area contributed by atoms with E-state index in [-0.39, 0.29) is 17.8 Å². The van der Waals surface area contributed by atoms with Gasteiger partial charge in [-0.15, -0.1) is 0 Å². The Kier molecular flexibility index (Phi) is 3.76. The van der Waals surface area contributed by atoms with Gasteiger partial charge in [-0.2, -0.15) is 4.98 Å². The summed E-state index contributed by atoms with van der Waals surface area (Å²) in [5.74, 6) is -1.47. The maximum absolute atomic E-state index is 13.4. The zero-order valence-electron chi connectivity index (χ0n) is 9.80. The number of hydrogen-bond donors (Lipinski definition) is 1. The summed E-state index contributed by atoms with van der Waals surface area (Å²) < 4.78 is 32.1. The first-order valence-electron chi connectivity index (χ1n) is 5.97. The van der Waals surface area contributed by atoms with Crippen molar-refractivity contribution in [3.63, 3.8) is 0 Å². The summed E-state index contributed by atoms with van der Waals surface area (Å²) in [6, 6.07) is 0.818. The van der Waals surface area contributed by atoms with Crippen molar-refractivity contribution >= 4 is 5.82 Å². The van der Waals surface area contributed by atoms with E-state index < -0.39 is 11.6 Å². The third-order valence-corrected chi connectivity index (χ3v) is 2.77. The molecular weight excluding hydrogens is 226 g/mol. The highest BCUT2D eigenvalue weighted by Crippen LogP contribution is 2.27. The highest BCUT2D eigenvalue weighted by Gasteiger charge is 2.22. The Bertz CT molecular complexity index is 394. The van der Waals surface area contributed by atoms with Crippen LogP contribution in [0, 0.1) is 11.6 Å². The number of nitrogens with one attached hydrogen (secondary N) is 1. The van der Waals surface area contributed by atoms with Crippen LogP contribution < -0.4 is 10.1 Å². The van der Waals surface area contributed by atoms with Crippen molar-refractivity contribution in [2.24, 2.45) is 0 Å². The quantitative estimate of drug-likeness (QED) is 0.861. The average Bonchev–Trinajstić information content (AvgIpc) is 2.24. The maximum atomic E-state index is 13.4. The molecule has 94 valence electrons. The van der Waals surface area contributed by atoms with Crippen LogP contribution in [0.3, 0.4) is 0 Å². The monoisotopic (exact) mass is 242 g/mol. The van der Waals surface area contributed by atoms with Gasteiger partial charge in [-0.25, -0.2) is 8.78 Å². The number of nitrogens with zero attached hydrogens (tertiary/aromatic N) is 1. The van der Waals surface area contributed by atoms with Gasteiger partial charge in [0.1, 0.15) is 6.10 Å². The van der Waals surface area contributed by atoms with Gasteiger partial charge in [0.25, 0.3) is 5.88 Å². The summed E-state index contributed by atoms with van der Waals surface area (Å²) in [6.45, 7) is 2.55. The number of aromatic nitrogens is 1. The topological polar surface area (TPSA) is 34.2 Å². The van der Waals surface area contributed by atoms with Crippen LogP contribution in [0.15, 0.2) is 6.07 Å². The van der Waals surface area contributed by atoms with Crippen LogP contribution in [0.4, 0.5) is 14.6 Å². The van der Waals surface area contributed by atoms with Crippen molar-refractivity contribution < 1.29 is 13.5 Å². The summed E-state index contributed by atoms with van der Waals surface area (Å²) in [7, 11) is 0. The Morgan fingerprint density at radius 3 is 2.76 bits per heavy atom. The third kappa shape index (κ3) is 2.84. The van der Waals surface area contributed by atoms with Crippen LogP contribution in [-0.2, 0) is 0 Å². The summed E-state index contributed by atoms with van der Waals surface area (Å²) >= 11 is 0. The van der Waals surface area contributed by atoms with Crippen LogP contribution >= 0.6 is 0 Å². The second-order valence-electron chi connectivity index (χ2n) is 4.20. The normalized spacial score (nSPS) is 15.5. The molecule has 0 radical (unpaired) electrons. The van der Waals surface area contributed by atoms with Crippen LogP contribution in [-0.4, -0.2) is 17.6 Å². The number of hydrogen-bond acceptors (Lipinski definition) is 3. The Morgan fingerprint density at radius 1 is 1.41 bits per heavy atom. The molecule has 1 N–H and O–H groups in total. The van der Waals surface area contributed by atoms with Crippen LogP contribution in [0.1, 0.15) is 32.6 Å². The molecule has 17 heavy (non-hydrogen) atoms. The predicted octanol–water partition coefficient (Wildman–Crippen LogP) is 3.11. The number of halogens is 2. The second-order valence-corrected chi connectivity index (χ2v) is 4.20. The molecule has 0 unspecified atom stereocenters. The minimum Gasteiger partial charge on any atom is -0.472 e. The summed E-state index contributed by atoms with van der Waals surface area (Å²) in [4.78, 5) is 3.85. The standard InChI is InChI=1S/C12H16F2N2O/c1-2-6-15-11-9(13)7-10(14)12(16-11)17-8-4-3-5-8/h7-8H,2-6H2,1H3,(H,15,16). The molecule has 1 heterocycles. The van der Waals surface area contributed by atoms with E-state index in [0.717, 1.165) is 31.7 Å². The highest BCUT2D eigenvalue weighted by molar-refractivity contribution is 5.39. The van der Waals surface area contributed by atoms with Gasteiger partial charge in [0.2, 0.25) is 0 Å². The summed E-state index contributed by atoms with van der Waals surface area (Å²) in [5.41, 5.74) is 0. The first kappa shape index (κ1) is 12.1. The predicted molar refractivity (Wildman–Crippen MR) is 61.2 cm³/mol. The van der Waals surface area contributed by atoms with Crippen molar-refractivity contribution in [1.29, 1.82) is 0 Å². The van der Waals surface area contributed by atoms with Gasteiger partial charge >= 0.3 is 0 Å². The molecule has 0 aliphatic heterocycles. The van der Waals surface area contributed by atoms with Crippen LogP contribution in [0.25, 0.3) is 0 Å². The average molecular weight is 242 g/mol. The molecule has 5 heteroatoms. The SMILES string of the molecule is CCCNc1nc(OC2CCC2)c(F)cc1F. The van der Waals surface area contributed by atoms with Crippen LogP contribution in [0.5, 0.6) is 5.88 Å². The molecule has 0 amide bonds. The first-order valence-corrected chi connectivity index (χ1v) is 5.97.